The first-order chi connectivity index (χ1) is 12.1. The molecule has 0 atom stereocenters. The lowest BCUT2D eigenvalue weighted by molar-refractivity contribution is 0.494. The fourth-order valence-corrected chi connectivity index (χ4v) is 1.91. The molecule has 0 bridgehead atoms. The van der Waals surface area contributed by atoms with Crippen LogP contribution in [-0.4, -0.2) is 0 Å². The zero-order valence-electron chi connectivity index (χ0n) is 16.2. The summed E-state index contributed by atoms with van der Waals surface area (Å²) in [5.74, 6) is -2.89. The van der Waals surface area contributed by atoms with Crippen molar-refractivity contribution in [2.75, 3.05) is 0 Å². The van der Waals surface area contributed by atoms with Crippen LogP contribution in [0.5, 0.6) is 0 Å². The Morgan fingerprint density at radius 3 is 1.65 bits per heavy atom. The topological polar surface area (TPSA) is 0 Å². The monoisotopic (exact) mass is 412 g/mol. The van der Waals surface area contributed by atoms with Crippen molar-refractivity contribution in [1.29, 1.82) is 0 Å². The van der Waals surface area contributed by atoms with Crippen molar-refractivity contribution in [3.63, 3.8) is 0 Å². The summed E-state index contributed by atoms with van der Waals surface area (Å²) >= 11 is 10.6. The SMILES string of the molecule is CC.CC.CC(C)c1ccc(Cl)c(F)c1F.Cc1cc(F)c(Cl)cc1F. The molecule has 0 heterocycles. The first-order valence-electron chi connectivity index (χ1n) is 8.39. The predicted octanol–water partition coefficient (Wildman–Crippen LogP) is 8.72. The predicted molar refractivity (Wildman–Crippen MR) is 104 cm³/mol. The van der Waals surface area contributed by atoms with Crippen molar-refractivity contribution >= 4 is 23.2 Å². The first kappa shape index (κ1) is 27.0. The fourth-order valence-electron chi connectivity index (χ4n) is 1.61. The Balaban J connectivity index is 0. The molecule has 0 radical (unpaired) electrons. The molecule has 0 saturated carbocycles. The van der Waals surface area contributed by atoms with Gasteiger partial charge in [0.15, 0.2) is 11.6 Å². The van der Waals surface area contributed by atoms with E-state index in [0.29, 0.717) is 5.56 Å². The van der Waals surface area contributed by atoms with Gasteiger partial charge in [0.1, 0.15) is 11.6 Å². The quantitative estimate of drug-likeness (QED) is 0.249. The summed E-state index contributed by atoms with van der Waals surface area (Å²) in [6.07, 6.45) is 0. The minimum absolute atomic E-state index is 0.0308. The maximum Gasteiger partial charge on any atom is 0.177 e. The zero-order chi connectivity index (χ0) is 21.0. The molecule has 148 valence electrons. The molecule has 0 aliphatic heterocycles. The van der Waals surface area contributed by atoms with E-state index in [9.17, 15) is 17.6 Å². The van der Waals surface area contributed by atoms with E-state index >= 15 is 0 Å². The van der Waals surface area contributed by atoms with Crippen LogP contribution in [0.3, 0.4) is 0 Å². The van der Waals surface area contributed by atoms with E-state index < -0.39 is 23.3 Å². The molecule has 0 nitrogen and oxygen atoms in total. The molecule has 0 aliphatic rings. The van der Waals surface area contributed by atoms with Crippen LogP contribution in [0.4, 0.5) is 17.6 Å². The van der Waals surface area contributed by atoms with Gasteiger partial charge in [-0.15, -0.1) is 0 Å². The van der Waals surface area contributed by atoms with E-state index in [0.717, 1.165) is 12.1 Å². The van der Waals surface area contributed by atoms with Crippen LogP contribution in [-0.2, 0) is 0 Å². The van der Waals surface area contributed by atoms with Crippen molar-refractivity contribution in [3.05, 3.63) is 68.7 Å². The van der Waals surface area contributed by atoms with E-state index in [1.54, 1.807) is 13.8 Å². The van der Waals surface area contributed by atoms with Gasteiger partial charge >= 0.3 is 0 Å². The molecule has 2 aromatic rings. The lowest BCUT2D eigenvalue weighted by Gasteiger charge is -2.07. The highest BCUT2D eigenvalue weighted by molar-refractivity contribution is 6.31. The second-order valence-electron chi connectivity index (χ2n) is 4.93. The van der Waals surface area contributed by atoms with Crippen LogP contribution in [0.15, 0.2) is 24.3 Å². The van der Waals surface area contributed by atoms with Gasteiger partial charge in [-0.1, -0.05) is 70.8 Å². The van der Waals surface area contributed by atoms with E-state index in [1.165, 1.54) is 19.1 Å². The van der Waals surface area contributed by atoms with Gasteiger partial charge in [0.05, 0.1) is 10.0 Å². The van der Waals surface area contributed by atoms with Gasteiger partial charge in [-0.2, -0.15) is 0 Å². The zero-order valence-corrected chi connectivity index (χ0v) is 17.7. The summed E-state index contributed by atoms with van der Waals surface area (Å²) in [5.41, 5.74) is 0.624. The highest BCUT2D eigenvalue weighted by Gasteiger charge is 2.13. The Hall–Kier alpha value is -1.26. The Bertz CT molecular complexity index is 621. The Morgan fingerprint density at radius 2 is 1.23 bits per heavy atom. The van der Waals surface area contributed by atoms with Crippen LogP contribution >= 0.6 is 23.2 Å². The lowest BCUT2D eigenvalue weighted by Crippen LogP contribution is -1.96. The minimum atomic E-state index is -0.956. The van der Waals surface area contributed by atoms with Gasteiger partial charge in [-0.05, 0) is 42.2 Å². The van der Waals surface area contributed by atoms with Crippen molar-refractivity contribution in [2.45, 2.75) is 54.4 Å². The second kappa shape index (κ2) is 13.9. The average molecular weight is 413 g/mol. The van der Waals surface area contributed by atoms with Crippen molar-refractivity contribution in [1.82, 2.24) is 0 Å². The van der Waals surface area contributed by atoms with E-state index in [1.807, 2.05) is 27.7 Å². The molecular weight excluding hydrogens is 387 g/mol. The van der Waals surface area contributed by atoms with Crippen molar-refractivity contribution < 1.29 is 17.6 Å². The molecule has 2 aromatic carbocycles. The number of rotatable bonds is 1. The smallest absolute Gasteiger partial charge is 0.177 e. The third-order valence-electron chi connectivity index (χ3n) is 2.89. The molecule has 0 saturated heterocycles. The minimum Gasteiger partial charge on any atom is -0.207 e. The summed E-state index contributed by atoms with van der Waals surface area (Å²) in [5, 5.41) is -0.347. The second-order valence-corrected chi connectivity index (χ2v) is 5.75. The largest absolute Gasteiger partial charge is 0.207 e. The van der Waals surface area contributed by atoms with Crippen LogP contribution in [0, 0.1) is 30.2 Å². The van der Waals surface area contributed by atoms with Crippen LogP contribution in [0.2, 0.25) is 10.0 Å². The standard InChI is InChI=1S/C9H9ClF2.C7H5ClF2.2C2H6/c1-5(2)6-3-4-7(10)9(12)8(6)11;1-4-2-7(10)5(8)3-6(4)9;2*1-2/h3-5H,1-2H3;2-3H,1H3;2*1-2H3. The highest BCUT2D eigenvalue weighted by atomic mass is 35.5. The highest BCUT2D eigenvalue weighted by Crippen LogP contribution is 2.25. The van der Waals surface area contributed by atoms with Crippen LogP contribution in [0.1, 0.15) is 58.6 Å². The molecule has 2 rings (SSSR count). The molecule has 0 spiro atoms. The molecule has 26 heavy (non-hydrogen) atoms. The van der Waals surface area contributed by atoms with Gasteiger partial charge in [-0.3, -0.25) is 0 Å². The molecule has 0 amide bonds. The Labute approximate surface area is 164 Å². The summed E-state index contributed by atoms with van der Waals surface area (Å²) < 4.78 is 50.9. The number of benzene rings is 2. The Kier molecular flexibility index (Phi) is 14.4. The number of hydrogen-bond donors (Lipinski definition) is 0. The summed E-state index contributed by atoms with van der Waals surface area (Å²) in [6.45, 7) is 13.1. The maximum absolute atomic E-state index is 13.1. The van der Waals surface area contributed by atoms with Gasteiger partial charge in [0.25, 0.3) is 0 Å². The van der Waals surface area contributed by atoms with E-state index in [4.69, 9.17) is 23.2 Å². The first-order valence-corrected chi connectivity index (χ1v) is 9.15. The normalized spacial score (nSPS) is 9.31. The van der Waals surface area contributed by atoms with E-state index in [2.05, 4.69) is 0 Å². The third kappa shape index (κ3) is 8.41. The number of hydrogen-bond acceptors (Lipinski definition) is 0. The number of halogens is 6. The maximum atomic E-state index is 13.1. The third-order valence-corrected chi connectivity index (χ3v) is 3.47. The molecule has 0 unspecified atom stereocenters. The average Bonchev–Trinajstić information content (AvgIpc) is 2.62. The fraction of sp³-hybridized carbons (Fsp3) is 0.400. The number of aryl methyl sites for hydroxylation is 1. The molecule has 0 aliphatic carbocycles. The summed E-state index contributed by atoms with van der Waals surface area (Å²) in [7, 11) is 0. The lowest BCUT2D eigenvalue weighted by atomic mass is 10.0. The molecule has 6 heteroatoms. The van der Waals surface area contributed by atoms with Crippen LogP contribution < -0.4 is 0 Å². The molecule has 0 aromatic heterocycles. The summed E-state index contributed by atoms with van der Waals surface area (Å²) in [6, 6.07) is 4.91. The molecular formula is C20H26Cl2F4. The Morgan fingerprint density at radius 1 is 0.731 bits per heavy atom. The van der Waals surface area contributed by atoms with Gasteiger partial charge < -0.3 is 0 Å². The van der Waals surface area contributed by atoms with E-state index in [-0.39, 0.29) is 21.5 Å². The van der Waals surface area contributed by atoms with Gasteiger partial charge in [-0.25, -0.2) is 17.6 Å². The van der Waals surface area contributed by atoms with Crippen molar-refractivity contribution in [3.8, 4) is 0 Å². The van der Waals surface area contributed by atoms with Gasteiger partial charge in [0, 0.05) is 0 Å². The van der Waals surface area contributed by atoms with Crippen LogP contribution in [0.25, 0.3) is 0 Å². The van der Waals surface area contributed by atoms with Crippen molar-refractivity contribution in [2.24, 2.45) is 0 Å². The molecule has 0 fully saturated rings. The molecule has 0 N–H and O–H groups in total. The summed E-state index contributed by atoms with van der Waals surface area (Å²) in [4.78, 5) is 0. The van der Waals surface area contributed by atoms with Gasteiger partial charge in [0.2, 0.25) is 0 Å².